The number of carboxylic acids is 1. The van der Waals surface area contributed by atoms with Crippen LogP contribution in [-0.4, -0.2) is 17.1 Å². The number of carboxylic acid groups (broad SMARTS) is 1. The fourth-order valence-electron chi connectivity index (χ4n) is 1.67. The first kappa shape index (κ1) is 15.7. The topological polar surface area (TPSA) is 75.3 Å². The second-order valence-corrected chi connectivity index (χ2v) is 5.82. The summed E-state index contributed by atoms with van der Waals surface area (Å²) in [6.45, 7) is 0. The van der Waals surface area contributed by atoms with Gasteiger partial charge in [-0.25, -0.2) is 0 Å². The molecule has 1 unspecified atom stereocenters. The van der Waals surface area contributed by atoms with Gasteiger partial charge in [-0.3, -0.25) is 4.79 Å². The van der Waals surface area contributed by atoms with Crippen LogP contribution >= 0.6 is 23.5 Å². The summed E-state index contributed by atoms with van der Waals surface area (Å²) in [6.07, 6.45) is 0.319. The maximum absolute atomic E-state index is 10.7. The van der Waals surface area contributed by atoms with Gasteiger partial charge in [0.05, 0.1) is 0 Å². The lowest BCUT2D eigenvalue weighted by Gasteiger charge is -2.09. The van der Waals surface area contributed by atoms with E-state index in [1.165, 1.54) is 11.9 Å². The molecule has 0 saturated heterocycles. The molecule has 0 fully saturated rings. The van der Waals surface area contributed by atoms with Crippen LogP contribution in [0.2, 0.25) is 5.02 Å². The molecule has 0 aliphatic rings. The number of aliphatic carboxylic acids is 1. The van der Waals surface area contributed by atoms with Crippen LogP contribution in [0.5, 0.6) is 0 Å². The van der Waals surface area contributed by atoms with Gasteiger partial charge in [-0.05, 0) is 60.3 Å². The lowest BCUT2D eigenvalue weighted by Crippen LogP contribution is -2.32. The number of benzene rings is 2. The summed E-state index contributed by atoms with van der Waals surface area (Å²) >= 11 is 7.31. The summed E-state index contributed by atoms with van der Waals surface area (Å²) < 4.78 is 3.21. The van der Waals surface area contributed by atoms with Crippen LogP contribution in [0.4, 0.5) is 5.69 Å². The molecule has 1 atom stereocenters. The van der Waals surface area contributed by atoms with Crippen molar-refractivity contribution in [2.24, 2.45) is 5.73 Å². The van der Waals surface area contributed by atoms with Crippen molar-refractivity contribution >= 4 is 35.2 Å². The van der Waals surface area contributed by atoms with E-state index in [4.69, 9.17) is 22.4 Å². The SMILES string of the molecule is NC(Cc1ccc(NSc2ccc(Cl)cc2)cc1)C(=O)O. The monoisotopic (exact) mass is 322 g/mol. The summed E-state index contributed by atoms with van der Waals surface area (Å²) in [5, 5.41) is 9.48. The standard InChI is InChI=1S/C15H15ClN2O2S/c16-11-3-7-13(8-4-11)21-18-12-5-1-10(2-6-12)9-14(17)15(19)20/h1-8,14,18H,9,17H2,(H,19,20). The molecule has 0 radical (unpaired) electrons. The van der Waals surface area contributed by atoms with Crippen LogP contribution < -0.4 is 10.5 Å². The minimum Gasteiger partial charge on any atom is -0.480 e. The molecular formula is C15H15ClN2O2S. The second-order valence-electron chi connectivity index (χ2n) is 4.50. The molecule has 2 aromatic carbocycles. The molecule has 4 N–H and O–H groups in total. The van der Waals surface area contributed by atoms with Gasteiger partial charge in [0.1, 0.15) is 6.04 Å². The molecular weight excluding hydrogens is 308 g/mol. The van der Waals surface area contributed by atoms with E-state index in [0.29, 0.717) is 11.4 Å². The lowest BCUT2D eigenvalue weighted by molar-refractivity contribution is -0.138. The largest absolute Gasteiger partial charge is 0.480 e. The Labute approximate surface area is 132 Å². The lowest BCUT2D eigenvalue weighted by atomic mass is 10.1. The number of hydrogen-bond acceptors (Lipinski definition) is 4. The Bertz CT molecular complexity index is 602. The van der Waals surface area contributed by atoms with Crippen LogP contribution in [0.25, 0.3) is 0 Å². The fraction of sp³-hybridized carbons (Fsp3) is 0.133. The van der Waals surface area contributed by atoms with Gasteiger partial charge in [-0.15, -0.1) is 0 Å². The van der Waals surface area contributed by atoms with Gasteiger partial charge in [0.2, 0.25) is 0 Å². The van der Waals surface area contributed by atoms with Crippen molar-refractivity contribution in [3.8, 4) is 0 Å². The summed E-state index contributed by atoms with van der Waals surface area (Å²) in [5.41, 5.74) is 7.33. The van der Waals surface area contributed by atoms with Crippen LogP contribution in [0.1, 0.15) is 5.56 Å². The highest BCUT2D eigenvalue weighted by molar-refractivity contribution is 8.00. The number of carbonyl (C=O) groups is 1. The summed E-state index contributed by atoms with van der Waals surface area (Å²) in [6, 6.07) is 14.2. The molecule has 0 aliphatic heterocycles. The molecule has 0 amide bonds. The van der Waals surface area contributed by atoms with Crippen LogP contribution in [0.3, 0.4) is 0 Å². The van der Waals surface area contributed by atoms with E-state index in [1.54, 1.807) is 0 Å². The van der Waals surface area contributed by atoms with Gasteiger partial charge in [0.25, 0.3) is 0 Å². The summed E-state index contributed by atoms with van der Waals surface area (Å²) in [4.78, 5) is 11.8. The van der Waals surface area contributed by atoms with Crippen LogP contribution in [0.15, 0.2) is 53.4 Å². The molecule has 0 spiro atoms. The summed E-state index contributed by atoms with van der Waals surface area (Å²) in [5.74, 6) is -0.990. The van der Waals surface area contributed by atoms with E-state index in [0.717, 1.165) is 16.1 Å². The van der Waals surface area contributed by atoms with E-state index in [-0.39, 0.29) is 0 Å². The smallest absolute Gasteiger partial charge is 0.320 e. The molecule has 0 bridgehead atoms. The van der Waals surface area contributed by atoms with Gasteiger partial charge < -0.3 is 15.6 Å². The van der Waals surface area contributed by atoms with E-state index in [9.17, 15) is 4.79 Å². The minimum absolute atomic E-state index is 0.319. The number of rotatable bonds is 6. The maximum atomic E-state index is 10.7. The number of hydrogen-bond donors (Lipinski definition) is 3. The Morgan fingerprint density at radius 3 is 2.38 bits per heavy atom. The van der Waals surface area contributed by atoms with Crippen molar-refractivity contribution < 1.29 is 9.90 Å². The van der Waals surface area contributed by atoms with E-state index < -0.39 is 12.0 Å². The zero-order valence-electron chi connectivity index (χ0n) is 11.1. The Morgan fingerprint density at radius 1 is 1.19 bits per heavy atom. The van der Waals surface area contributed by atoms with Crippen LogP contribution in [-0.2, 0) is 11.2 Å². The highest BCUT2D eigenvalue weighted by Crippen LogP contribution is 2.23. The highest BCUT2D eigenvalue weighted by atomic mass is 35.5. The summed E-state index contributed by atoms with van der Waals surface area (Å²) in [7, 11) is 0. The van der Waals surface area contributed by atoms with Crippen molar-refractivity contribution in [2.45, 2.75) is 17.4 Å². The van der Waals surface area contributed by atoms with Gasteiger partial charge >= 0.3 is 5.97 Å². The first-order valence-corrected chi connectivity index (χ1v) is 7.50. The van der Waals surface area contributed by atoms with Gasteiger partial charge in [-0.2, -0.15) is 0 Å². The zero-order valence-corrected chi connectivity index (χ0v) is 12.7. The number of nitrogens with one attached hydrogen (secondary N) is 1. The van der Waals surface area contributed by atoms with Crippen molar-refractivity contribution in [1.82, 2.24) is 0 Å². The normalized spacial score (nSPS) is 11.9. The van der Waals surface area contributed by atoms with Gasteiger partial charge in [0.15, 0.2) is 0 Å². The fourth-order valence-corrected chi connectivity index (χ4v) is 2.44. The first-order valence-electron chi connectivity index (χ1n) is 6.30. The van der Waals surface area contributed by atoms with E-state index in [1.807, 2.05) is 48.5 Å². The molecule has 4 nitrogen and oxygen atoms in total. The van der Waals surface area contributed by atoms with Crippen LogP contribution in [0, 0.1) is 0 Å². The number of nitrogens with two attached hydrogens (primary N) is 1. The highest BCUT2D eigenvalue weighted by Gasteiger charge is 2.11. The van der Waals surface area contributed by atoms with E-state index >= 15 is 0 Å². The molecule has 2 aromatic rings. The number of halogens is 1. The predicted molar refractivity (Wildman–Crippen MR) is 86.7 cm³/mol. The quantitative estimate of drug-likeness (QED) is 0.711. The van der Waals surface area contributed by atoms with Crippen molar-refractivity contribution in [2.75, 3.05) is 4.72 Å². The minimum atomic E-state index is -0.990. The van der Waals surface area contributed by atoms with E-state index in [2.05, 4.69) is 4.72 Å². The third kappa shape index (κ3) is 4.97. The Balaban J connectivity index is 1.90. The van der Waals surface area contributed by atoms with Crippen molar-refractivity contribution in [3.05, 3.63) is 59.1 Å². The molecule has 2 rings (SSSR count). The molecule has 21 heavy (non-hydrogen) atoms. The Morgan fingerprint density at radius 2 is 1.81 bits per heavy atom. The molecule has 0 saturated carbocycles. The van der Waals surface area contributed by atoms with Crippen molar-refractivity contribution in [3.63, 3.8) is 0 Å². The van der Waals surface area contributed by atoms with Crippen molar-refractivity contribution in [1.29, 1.82) is 0 Å². The molecule has 0 aromatic heterocycles. The number of anilines is 1. The third-order valence-corrected chi connectivity index (χ3v) is 3.92. The molecule has 6 heteroatoms. The first-order chi connectivity index (χ1) is 10.0. The Kier molecular flexibility index (Phi) is 5.50. The Hall–Kier alpha value is -1.69. The average Bonchev–Trinajstić information content (AvgIpc) is 2.48. The average molecular weight is 323 g/mol. The second kappa shape index (κ2) is 7.36. The zero-order chi connectivity index (χ0) is 15.2. The van der Waals surface area contributed by atoms with Gasteiger partial charge in [0, 0.05) is 15.6 Å². The maximum Gasteiger partial charge on any atom is 0.320 e. The predicted octanol–water partition coefficient (Wildman–Crippen LogP) is 3.41. The third-order valence-electron chi connectivity index (χ3n) is 2.83. The molecule has 110 valence electrons. The van der Waals surface area contributed by atoms with Gasteiger partial charge in [-0.1, -0.05) is 23.7 Å². The molecule has 0 heterocycles. The molecule has 0 aliphatic carbocycles.